The molecule has 0 aliphatic heterocycles. The highest BCUT2D eigenvalue weighted by Crippen LogP contribution is 2.27. The molecule has 0 atom stereocenters. The molecule has 0 aromatic heterocycles. The van der Waals surface area contributed by atoms with Gasteiger partial charge in [-0.3, -0.25) is 10.1 Å². The minimum atomic E-state index is -0.645. The molecule has 1 N–H and O–H groups in total. The zero-order valence-electron chi connectivity index (χ0n) is 12.7. The highest BCUT2D eigenvalue weighted by atomic mass is 19.1. The molecular weight excluding hydrogens is 295 g/mol. The maximum atomic E-state index is 13.1. The second-order valence-electron chi connectivity index (χ2n) is 5.50. The van der Waals surface area contributed by atoms with Gasteiger partial charge in [0.1, 0.15) is 11.4 Å². The van der Waals surface area contributed by atoms with Crippen LogP contribution in [0.3, 0.4) is 0 Å². The quantitative estimate of drug-likeness (QED) is 0.495. The Morgan fingerprint density at radius 1 is 1.41 bits per heavy atom. The standard InChI is InChI=1S/C14H19FN2O5/c1-14(2,3)22-13(18)16-7-4-8-21-12-9-10(15)5-6-11(12)17(19)20/h5-6,9H,4,7-8H2,1-3H3,(H,16,18). The van der Waals surface area contributed by atoms with Crippen LogP contribution >= 0.6 is 0 Å². The molecule has 1 aromatic rings. The van der Waals surface area contributed by atoms with Crippen molar-refractivity contribution < 1.29 is 23.6 Å². The van der Waals surface area contributed by atoms with Gasteiger partial charge in [-0.05, 0) is 33.3 Å². The molecule has 0 bridgehead atoms. The van der Waals surface area contributed by atoms with E-state index in [4.69, 9.17) is 9.47 Å². The lowest BCUT2D eigenvalue weighted by Crippen LogP contribution is -2.33. The summed E-state index contributed by atoms with van der Waals surface area (Å²) in [6, 6.07) is 3.00. The van der Waals surface area contributed by atoms with Gasteiger partial charge in [0, 0.05) is 18.7 Å². The molecule has 122 valence electrons. The average Bonchev–Trinajstić information content (AvgIpc) is 2.35. The highest BCUT2D eigenvalue weighted by molar-refractivity contribution is 5.67. The van der Waals surface area contributed by atoms with E-state index in [1.165, 1.54) is 0 Å². The molecule has 22 heavy (non-hydrogen) atoms. The molecule has 0 saturated carbocycles. The van der Waals surface area contributed by atoms with Crippen molar-refractivity contribution in [3.63, 3.8) is 0 Å². The van der Waals surface area contributed by atoms with E-state index in [0.29, 0.717) is 6.42 Å². The number of rotatable bonds is 6. The molecule has 7 nitrogen and oxygen atoms in total. The van der Waals surface area contributed by atoms with E-state index in [2.05, 4.69) is 5.32 Å². The van der Waals surface area contributed by atoms with Gasteiger partial charge < -0.3 is 14.8 Å². The van der Waals surface area contributed by atoms with Crippen LogP contribution in [-0.2, 0) is 4.74 Å². The van der Waals surface area contributed by atoms with Crippen molar-refractivity contribution in [3.05, 3.63) is 34.1 Å². The predicted octanol–water partition coefficient (Wildman–Crippen LogP) is 3.03. The smallest absolute Gasteiger partial charge is 0.407 e. The minimum absolute atomic E-state index is 0.0973. The molecule has 0 fully saturated rings. The van der Waals surface area contributed by atoms with Crippen molar-refractivity contribution in [2.24, 2.45) is 0 Å². The van der Waals surface area contributed by atoms with E-state index in [-0.39, 0.29) is 24.6 Å². The summed E-state index contributed by atoms with van der Waals surface area (Å²) in [5.74, 6) is -0.755. The van der Waals surface area contributed by atoms with Crippen molar-refractivity contribution in [3.8, 4) is 5.75 Å². The van der Waals surface area contributed by atoms with Crippen LogP contribution in [0.1, 0.15) is 27.2 Å². The number of carbonyl (C=O) groups excluding carboxylic acids is 1. The molecule has 1 amide bonds. The molecule has 0 spiro atoms. The first-order chi connectivity index (χ1) is 10.2. The second kappa shape index (κ2) is 7.58. The van der Waals surface area contributed by atoms with Crippen molar-refractivity contribution in [1.82, 2.24) is 5.32 Å². The van der Waals surface area contributed by atoms with Gasteiger partial charge in [0.2, 0.25) is 0 Å². The molecule has 0 heterocycles. The van der Waals surface area contributed by atoms with Gasteiger partial charge in [-0.25, -0.2) is 9.18 Å². The Kier molecular flexibility index (Phi) is 6.09. The van der Waals surface area contributed by atoms with Gasteiger partial charge in [0.15, 0.2) is 5.75 Å². The first-order valence-electron chi connectivity index (χ1n) is 6.72. The van der Waals surface area contributed by atoms with Gasteiger partial charge in [0.25, 0.3) is 0 Å². The Bertz CT molecular complexity index is 543. The zero-order valence-corrected chi connectivity index (χ0v) is 12.7. The Morgan fingerprint density at radius 3 is 2.68 bits per heavy atom. The summed E-state index contributed by atoms with van der Waals surface area (Å²) in [6.45, 7) is 5.62. The molecule has 1 rings (SSSR count). The van der Waals surface area contributed by atoms with Crippen LogP contribution in [0, 0.1) is 15.9 Å². The first-order valence-corrected chi connectivity index (χ1v) is 6.72. The van der Waals surface area contributed by atoms with E-state index in [1.54, 1.807) is 20.8 Å². The molecular formula is C14H19FN2O5. The van der Waals surface area contributed by atoms with E-state index in [9.17, 15) is 19.3 Å². The van der Waals surface area contributed by atoms with Gasteiger partial charge in [-0.2, -0.15) is 0 Å². The fourth-order valence-corrected chi connectivity index (χ4v) is 1.51. The largest absolute Gasteiger partial charge is 0.487 e. The predicted molar refractivity (Wildman–Crippen MR) is 77.4 cm³/mol. The number of hydrogen-bond donors (Lipinski definition) is 1. The van der Waals surface area contributed by atoms with Gasteiger partial charge >= 0.3 is 11.8 Å². The fraction of sp³-hybridized carbons (Fsp3) is 0.500. The normalized spacial score (nSPS) is 10.9. The number of nitro benzene ring substituents is 1. The Hall–Kier alpha value is -2.38. The molecule has 0 unspecified atom stereocenters. The number of hydrogen-bond acceptors (Lipinski definition) is 5. The lowest BCUT2D eigenvalue weighted by atomic mass is 10.2. The summed E-state index contributed by atoms with van der Waals surface area (Å²) in [4.78, 5) is 21.5. The summed E-state index contributed by atoms with van der Waals surface area (Å²) >= 11 is 0. The number of ether oxygens (including phenoxy) is 2. The highest BCUT2D eigenvalue weighted by Gasteiger charge is 2.17. The van der Waals surface area contributed by atoms with Crippen molar-refractivity contribution in [1.29, 1.82) is 0 Å². The molecule has 0 saturated heterocycles. The average molecular weight is 314 g/mol. The van der Waals surface area contributed by atoms with Crippen LogP contribution in [0.4, 0.5) is 14.9 Å². The van der Waals surface area contributed by atoms with Crippen LogP contribution in [0.15, 0.2) is 18.2 Å². The van der Waals surface area contributed by atoms with Crippen LogP contribution in [0.2, 0.25) is 0 Å². The van der Waals surface area contributed by atoms with Crippen molar-refractivity contribution >= 4 is 11.8 Å². The number of amides is 1. The summed E-state index contributed by atoms with van der Waals surface area (Å²) in [7, 11) is 0. The molecule has 0 radical (unpaired) electrons. The van der Waals surface area contributed by atoms with Crippen molar-refractivity contribution in [2.75, 3.05) is 13.2 Å². The topological polar surface area (TPSA) is 90.7 Å². The van der Waals surface area contributed by atoms with Crippen LogP contribution in [-0.4, -0.2) is 29.8 Å². The Balaban J connectivity index is 2.38. The minimum Gasteiger partial charge on any atom is -0.487 e. The number of alkyl carbamates (subject to hydrolysis) is 1. The second-order valence-corrected chi connectivity index (χ2v) is 5.50. The number of benzene rings is 1. The van der Waals surface area contributed by atoms with Crippen LogP contribution in [0.25, 0.3) is 0 Å². The molecule has 0 aliphatic rings. The number of nitro groups is 1. The third-order valence-corrected chi connectivity index (χ3v) is 2.37. The van der Waals surface area contributed by atoms with E-state index in [1.807, 2.05) is 0 Å². The van der Waals surface area contributed by atoms with Gasteiger partial charge in [-0.15, -0.1) is 0 Å². The molecule has 0 aliphatic carbocycles. The monoisotopic (exact) mass is 314 g/mol. The maximum Gasteiger partial charge on any atom is 0.407 e. The number of nitrogens with one attached hydrogen (secondary N) is 1. The summed E-state index contributed by atoms with van der Waals surface area (Å²) in [5, 5.41) is 13.3. The fourth-order valence-electron chi connectivity index (χ4n) is 1.51. The molecule has 8 heteroatoms. The Labute approximate surface area is 127 Å². The van der Waals surface area contributed by atoms with Gasteiger partial charge in [-0.1, -0.05) is 0 Å². The van der Waals surface area contributed by atoms with Crippen LogP contribution < -0.4 is 10.1 Å². The van der Waals surface area contributed by atoms with Crippen LogP contribution in [0.5, 0.6) is 5.75 Å². The number of nitrogens with zero attached hydrogens (tertiary/aromatic N) is 1. The Morgan fingerprint density at radius 2 is 2.09 bits per heavy atom. The van der Waals surface area contributed by atoms with Gasteiger partial charge in [0.05, 0.1) is 11.5 Å². The lowest BCUT2D eigenvalue weighted by Gasteiger charge is -2.19. The zero-order chi connectivity index (χ0) is 16.8. The number of halogens is 1. The summed E-state index contributed by atoms with van der Waals surface area (Å²) in [5.41, 5.74) is -0.885. The van der Waals surface area contributed by atoms with E-state index < -0.39 is 22.4 Å². The lowest BCUT2D eigenvalue weighted by molar-refractivity contribution is -0.385. The summed E-state index contributed by atoms with van der Waals surface area (Å²) < 4.78 is 23.3. The third kappa shape index (κ3) is 6.38. The van der Waals surface area contributed by atoms with E-state index >= 15 is 0 Å². The van der Waals surface area contributed by atoms with E-state index in [0.717, 1.165) is 18.2 Å². The third-order valence-electron chi connectivity index (χ3n) is 2.37. The maximum absolute atomic E-state index is 13.1. The molecule has 1 aromatic carbocycles. The first kappa shape index (κ1) is 17.7. The number of carbonyl (C=O) groups is 1. The summed E-state index contributed by atoms with van der Waals surface area (Å²) in [6.07, 6.45) is -0.156. The SMILES string of the molecule is CC(C)(C)OC(=O)NCCCOc1cc(F)ccc1[N+](=O)[O-]. The van der Waals surface area contributed by atoms with Crippen molar-refractivity contribution in [2.45, 2.75) is 32.8 Å².